The molecule has 1 aliphatic rings. The van der Waals surface area contributed by atoms with Gasteiger partial charge in [-0.05, 0) is 36.5 Å². The maximum absolute atomic E-state index is 12.8. The van der Waals surface area contributed by atoms with Gasteiger partial charge in [-0.15, -0.1) is 0 Å². The molecule has 0 radical (unpaired) electrons. The number of amides is 1. The smallest absolute Gasteiger partial charge is 0.227 e. The van der Waals surface area contributed by atoms with Crippen LogP contribution in [-0.4, -0.2) is 25.7 Å². The van der Waals surface area contributed by atoms with Crippen LogP contribution in [0.5, 0.6) is 0 Å². The average Bonchev–Trinajstić information content (AvgIpc) is 3.20. The van der Waals surface area contributed by atoms with Crippen molar-refractivity contribution in [3.8, 4) is 5.82 Å². The molecule has 0 saturated heterocycles. The minimum atomic E-state index is -0.0727. The number of aryl methyl sites for hydroxylation is 1. The molecule has 4 rings (SSSR count). The van der Waals surface area contributed by atoms with Crippen molar-refractivity contribution in [2.75, 3.05) is 0 Å². The summed E-state index contributed by atoms with van der Waals surface area (Å²) in [5.41, 5.74) is 3.36. The molecule has 2 aromatic heterocycles. The van der Waals surface area contributed by atoms with E-state index in [1.165, 1.54) is 11.9 Å². The van der Waals surface area contributed by atoms with E-state index in [1.807, 2.05) is 24.3 Å². The lowest BCUT2D eigenvalue weighted by Gasteiger charge is -2.24. The number of hydrogen-bond donors (Lipinski definition) is 1. The fourth-order valence-electron chi connectivity index (χ4n) is 3.42. The van der Waals surface area contributed by atoms with Crippen molar-refractivity contribution in [1.29, 1.82) is 0 Å². The van der Waals surface area contributed by atoms with Crippen molar-refractivity contribution in [3.63, 3.8) is 0 Å². The highest BCUT2D eigenvalue weighted by Crippen LogP contribution is 2.31. The molecule has 126 valence electrons. The Kier molecular flexibility index (Phi) is 4.24. The zero-order chi connectivity index (χ0) is 17.1. The Morgan fingerprint density at radius 1 is 1.24 bits per heavy atom. The first kappa shape index (κ1) is 15.5. The minimum absolute atomic E-state index is 0.0699. The van der Waals surface area contributed by atoms with Gasteiger partial charge in [0.25, 0.3) is 0 Å². The van der Waals surface area contributed by atoms with Crippen LogP contribution in [0.2, 0.25) is 0 Å². The molecule has 0 spiro atoms. The summed E-state index contributed by atoms with van der Waals surface area (Å²) in [6.07, 6.45) is 7.78. The highest BCUT2D eigenvalue weighted by molar-refractivity contribution is 5.84. The molecule has 6 heteroatoms. The van der Waals surface area contributed by atoms with Crippen molar-refractivity contribution in [2.24, 2.45) is 0 Å². The SMILES string of the molecule is O=C(NCc1cccnc1-n1cncn1)[C@H]1CCCc2ccccc21. The number of benzene rings is 1. The van der Waals surface area contributed by atoms with Gasteiger partial charge in [0.05, 0.1) is 5.92 Å². The third kappa shape index (κ3) is 3.15. The van der Waals surface area contributed by atoms with Crippen LogP contribution in [-0.2, 0) is 17.8 Å². The summed E-state index contributed by atoms with van der Waals surface area (Å²) in [5, 5.41) is 7.20. The predicted molar refractivity (Wildman–Crippen MR) is 93.1 cm³/mol. The first-order chi connectivity index (χ1) is 12.3. The molecule has 1 N–H and O–H groups in total. The average molecular weight is 333 g/mol. The van der Waals surface area contributed by atoms with Crippen molar-refractivity contribution in [2.45, 2.75) is 31.7 Å². The van der Waals surface area contributed by atoms with E-state index in [0.29, 0.717) is 12.4 Å². The molecule has 0 unspecified atom stereocenters. The zero-order valence-electron chi connectivity index (χ0n) is 13.8. The van der Waals surface area contributed by atoms with Crippen LogP contribution in [0.4, 0.5) is 0 Å². The third-order valence-corrected chi connectivity index (χ3v) is 4.64. The zero-order valence-corrected chi connectivity index (χ0v) is 13.8. The number of rotatable bonds is 4. The van der Waals surface area contributed by atoms with Crippen LogP contribution in [0.15, 0.2) is 55.2 Å². The summed E-state index contributed by atoms with van der Waals surface area (Å²) in [4.78, 5) is 21.1. The maximum Gasteiger partial charge on any atom is 0.227 e. The molecule has 1 amide bonds. The van der Waals surface area contributed by atoms with Gasteiger partial charge in [0.2, 0.25) is 5.91 Å². The fraction of sp³-hybridized carbons (Fsp3) is 0.263. The molecule has 6 nitrogen and oxygen atoms in total. The summed E-state index contributed by atoms with van der Waals surface area (Å²) < 4.78 is 1.61. The Hall–Kier alpha value is -3.02. The number of nitrogens with zero attached hydrogens (tertiary/aromatic N) is 4. The third-order valence-electron chi connectivity index (χ3n) is 4.64. The molecule has 0 fully saturated rings. The largest absolute Gasteiger partial charge is 0.351 e. The molecule has 3 aromatic rings. The number of aromatic nitrogens is 4. The molecule has 25 heavy (non-hydrogen) atoms. The van der Waals surface area contributed by atoms with Crippen molar-refractivity contribution in [3.05, 3.63) is 71.9 Å². The second-order valence-electron chi connectivity index (χ2n) is 6.19. The topological polar surface area (TPSA) is 72.7 Å². The summed E-state index contributed by atoms with van der Waals surface area (Å²) in [5.74, 6) is 0.682. The molecule has 0 bridgehead atoms. The first-order valence-corrected chi connectivity index (χ1v) is 8.47. The second kappa shape index (κ2) is 6.84. The Morgan fingerprint density at radius 3 is 3.04 bits per heavy atom. The normalized spacial score (nSPS) is 16.2. The Bertz CT molecular complexity index is 875. The van der Waals surface area contributed by atoms with Gasteiger partial charge in [0, 0.05) is 18.3 Å². The molecule has 2 heterocycles. The quantitative estimate of drug-likeness (QED) is 0.796. The van der Waals surface area contributed by atoms with Crippen molar-refractivity contribution in [1.82, 2.24) is 25.1 Å². The Balaban J connectivity index is 1.51. The van der Waals surface area contributed by atoms with Gasteiger partial charge in [0.15, 0.2) is 5.82 Å². The lowest BCUT2D eigenvalue weighted by atomic mass is 9.82. The summed E-state index contributed by atoms with van der Waals surface area (Å²) in [6.45, 7) is 0.417. The Labute approximate surface area is 145 Å². The molecule has 1 aromatic carbocycles. The molecule has 1 atom stereocenters. The fourth-order valence-corrected chi connectivity index (χ4v) is 3.42. The molecular weight excluding hydrogens is 314 g/mol. The number of carbonyl (C=O) groups excluding carboxylic acids is 1. The van der Waals surface area contributed by atoms with Gasteiger partial charge < -0.3 is 5.32 Å². The summed E-state index contributed by atoms with van der Waals surface area (Å²) in [6, 6.07) is 12.0. The van der Waals surface area contributed by atoms with E-state index in [4.69, 9.17) is 0 Å². The standard InChI is InChI=1S/C19H19N5O/c25-19(17-9-3-6-14-5-1-2-8-16(14)17)22-11-15-7-4-10-21-18(15)24-13-20-12-23-24/h1-2,4-5,7-8,10,12-13,17H,3,6,9,11H2,(H,22,25)/t17-/m0/s1. The maximum atomic E-state index is 12.8. The predicted octanol–water partition coefficient (Wildman–Crippen LogP) is 2.40. The van der Waals surface area contributed by atoms with Gasteiger partial charge in [-0.2, -0.15) is 5.10 Å². The van der Waals surface area contributed by atoms with E-state index >= 15 is 0 Å². The lowest BCUT2D eigenvalue weighted by molar-refractivity contribution is -0.123. The van der Waals surface area contributed by atoms with Crippen LogP contribution >= 0.6 is 0 Å². The van der Waals surface area contributed by atoms with E-state index in [1.54, 1.807) is 17.2 Å². The molecule has 1 aliphatic carbocycles. The highest BCUT2D eigenvalue weighted by atomic mass is 16.1. The van der Waals surface area contributed by atoms with Crippen molar-refractivity contribution < 1.29 is 4.79 Å². The highest BCUT2D eigenvalue weighted by Gasteiger charge is 2.26. The molecular formula is C19H19N5O. The lowest BCUT2D eigenvalue weighted by Crippen LogP contribution is -2.31. The summed E-state index contributed by atoms with van der Waals surface area (Å²) in [7, 11) is 0. The molecule has 0 aliphatic heterocycles. The van der Waals surface area contributed by atoms with Crippen LogP contribution in [0.3, 0.4) is 0 Å². The summed E-state index contributed by atoms with van der Waals surface area (Å²) >= 11 is 0. The molecule has 0 saturated carbocycles. The minimum Gasteiger partial charge on any atom is -0.351 e. The van der Waals surface area contributed by atoms with Crippen molar-refractivity contribution >= 4 is 5.91 Å². The van der Waals surface area contributed by atoms with E-state index < -0.39 is 0 Å². The van der Waals surface area contributed by atoms with Gasteiger partial charge in [-0.25, -0.2) is 14.6 Å². The second-order valence-corrected chi connectivity index (χ2v) is 6.19. The van der Waals surface area contributed by atoms with Crippen LogP contribution in [0, 0.1) is 0 Å². The van der Waals surface area contributed by atoms with Crippen LogP contribution in [0.1, 0.15) is 35.4 Å². The number of nitrogens with one attached hydrogen (secondary N) is 1. The number of pyridine rings is 1. The number of carbonyl (C=O) groups is 1. The van der Waals surface area contributed by atoms with Gasteiger partial charge >= 0.3 is 0 Å². The van der Waals surface area contributed by atoms with Gasteiger partial charge in [-0.1, -0.05) is 30.3 Å². The first-order valence-electron chi connectivity index (χ1n) is 8.47. The number of fused-ring (bicyclic) bond motifs is 1. The van der Waals surface area contributed by atoms with Crippen LogP contribution < -0.4 is 5.32 Å². The van der Waals surface area contributed by atoms with Gasteiger partial charge in [0.1, 0.15) is 12.7 Å². The van der Waals surface area contributed by atoms with E-state index in [-0.39, 0.29) is 11.8 Å². The van der Waals surface area contributed by atoms with E-state index in [2.05, 4.69) is 32.5 Å². The van der Waals surface area contributed by atoms with Gasteiger partial charge in [-0.3, -0.25) is 4.79 Å². The van der Waals surface area contributed by atoms with E-state index in [0.717, 1.165) is 30.4 Å². The Morgan fingerprint density at radius 2 is 2.16 bits per heavy atom. The van der Waals surface area contributed by atoms with Crippen LogP contribution in [0.25, 0.3) is 5.82 Å². The van der Waals surface area contributed by atoms with E-state index in [9.17, 15) is 4.79 Å². The number of hydrogen-bond acceptors (Lipinski definition) is 4. The monoisotopic (exact) mass is 333 g/mol.